The van der Waals surface area contributed by atoms with Gasteiger partial charge in [0.2, 0.25) is 5.91 Å². The molecule has 5 rings (SSSR count). The predicted octanol–water partition coefficient (Wildman–Crippen LogP) is 4.34. The maximum absolute atomic E-state index is 12.8. The summed E-state index contributed by atoms with van der Waals surface area (Å²) in [6.07, 6.45) is 3.36. The van der Waals surface area contributed by atoms with Gasteiger partial charge in [-0.15, -0.1) is 11.3 Å². The number of anilines is 1. The second kappa shape index (κ2) is 8.32. The number of piperazine rings is 1. The molecule has 3 heterocycles. The average Bonchev–Trinajstić information content (AvgIpc) is 3.40. The van der Waals surface area contributed by atoms with E-state index in [1.54, 1.807) is 11.3 Å². The summed E-state index contributed by atoms with van der Waals surface area (Å²) >= 11 is 1.63. The minimum Gasteiger partial charge on any atom is -0.368 e. The maximum atomic E-state index is 12.8. The molecular weight excluding hydrogens is 392 g/mol. The van der Waals surface area contributed by atoms with Gasteiger partial charge < -0.3 is 9.80 Å². The predicted molar refractivity (Wildman–Crippen MR) is 122 cm³/mol. The van der Waals surface area contributed by atoms with E-state index < -0.39 is 0 Å². The molecule has 2 aromatic heterocycles. The third kappa shape index (κ3) is 3.83. The number of fused-ring (bicyclic) bond motifs is 1. The van der Waals surface area contributed by atoms with Crippen LogP contribution in [0.2, 0.25) is 0 Å². The molecule has 1 aliphatic rings. The Kier molecular flexibility index (Phi) is 5.24. The molecule has 1 aliphatic heterocycles. The van der Waals surface area contributed by atoms with Crippen LogP contribution in [0.25, 0.3) is 16.2 Å². The molecule has 0 bridgehead atoms. The molecule has 0 unspecified atom stereocenters. The van der Waals surface area contributed by atoms with Crippen LogP contribution in [0.1, 0.15) is 12.1 Å². The number of carbonyl (C=O) groups is 1. The summed E-state index contributed by atoms with van der Waals surface area (Å²) in [7, 11) is 0. The van der Waals surface area contributed by atoms with Gasteiger partial charge in [0.25, 0.3) is 0 Å². The third-order valence-corrected chi connectivity index (χ3v) is 6.59. The summed E-state index contributed by atoms with van der Waals surface area (Å²) in [6.45, 7) is 3.35. The van der Waals surface area contributed by atoms with Gasteiger partial charge in [0.05, 0.1) is 5.69 Å². The first-order valence-corrected chi connectivity index (χ1v) is 11.2. The topological polar surface area (TPSA) is 40.9 Å². The van der Waals surface area contributed by atoms with Crippen LogP contribution in [0.3, 0.4) is 0 Å². The average molecular weight is 417 g/mol. The highest BCUT2D eigenvalue weighted by molar-refractivity contribution is 7.15. The highest BCUT2D eigenvalue weighted by atomic mass is 32.1. The number of thiazole rings is 1. The van der Waals surface area contributed by atoms with Crippen molar-refractivity contribution in [2.45, 2.75) is 12.8 Å². The molecule has 0 spiro atoms. The Bertz CT molecular complexity index is 1130. The first-order valence-electron chi connectivity index (χ1n) is 10.4. The van der Waals surface area contributed by atoms with Gasteiger partial charge in [0, 0.05) is 61.1 Å². The molecule has 2 aromatic carbocycles. The van der Waals surface area contributed by atoms with Gasteiger partial charge >= 0.3 is 0 Å². The molecule has 152 valence electrons. The van der Waals surface area contributed by atoms with Crippen molar-refractivity contribution < 1.29 is 4.79 Å². The van der Waals surface area contributed by atoms with Gasteiger partial charge in [-0.1, -0.05) is 48.5 Å². The lowest BCUT2D eigenvalue weighted by Crippen LogP contribution is -2.48. The van der Waals surface area contributed by atoms with Crippen molar-refractivity contribution in [3.05, 3.63) is 77.9 Å². The molecule has 6 heteroatoms. The minimum absolute atomic E-state index is 0.241. The largest absolute Gasteiger partial charge is 0.368 e. The summed E-state index contributed by atoms with van der Waals surface area (Å²) in [6, 6.07) is 20.6. The SMILES string of the molecule is O=C(CCc1csc2nc(-c3ccccc3)cn12)N1CCN(c2ccccc2)CC1. The molecule has 0 aliphatic carbocycles. The van der Waals surface area contributed by atoms with Gasteiger partial charge in [0.1, 0.15) is 0 Å². The summed E-state index contributed by atoms with van der Waals surface area (Å²) in [5, 5.41) is 2.12. The number of hydrogen-bond donors (Lipinski definition) is 0. The number of rotatable bonds is 5. The van der Waals surface area contributed by atoms with Crippen LogP contribution in [0, 0.1) is 0 Å². The van der Waals surface area contributed by atoms with Gasteiger partial charge in [0.15, 0.2) is 4.96 Å². The van der Waals surface area contributed by atoms with Crippen molar-refractivity contribution in [1.29, 1.82) is 0 Å². The zero-order valence-electron chi connectivity index (χ0n) is 16.8. The molecular formula is C24H24N4OS. The van der Waals surface area contributed by atoms with Gasteiger partial charge in [-0.25, -0.2) is 4.98 Å². The molecule has 1 fully saturated rings. The van der Waals surface area contributed by atoms with Crippen LogP contribution in [-0.2, 0) is 11.2 Å². The number of aryl methyl sites for hydroxylation is 1. The highest BCUT2D eigenvalue weighted by Gasteiger charge is 2.21. The zero-order valence-corrected chi connectivity index (χ0v) is 17.6. The van der Waals surface area contributed by atoms with Crippen molar-refractivity contribution in [1.82, 2.24) is 14.3 Å². The molecule has 0 N–H and O–H groups in total. The van der Waals surface area contributed by atoms with E-state index in [0.717, 1.165) is 54.5 Å². The van der Waals surface area contributed by atoms with E-state index in [2.05, 4.69) is 57.3 Å². The van der Waals surface area contributed by atoms with Crippen molar-refractivity contribution in [3.8, 4) is 11.3 Å². The first kappa shape index (κ1) is 18.9. The smallest absolute Gasteiger partial charge is 0.223 e. The van der Waals surface area contributed by atoms with Gasteiger partial charge in [-0.3, -0.25) is 9.20 Å². The Labute approximate surface area is 180 Å². The third-order valence-electron chi connectivity index (χ3n) is 5.70. The number of hydrogen-bond acceptors (Lipinski definition) is 4. The molecule has 4 aromatic rings. The van der Waals surface area contributed by atoms with Crippen LogP contribution in [-0.4, -0.2) is 46.4 Å². The number of benzene rings is 2. The lowest BCUT2D eigenvalue weighted by molar-refractivity contribution is -0.131. The fraction of sp³-hybridized carbons (Fsp3) is 0.250. The lowest BCUT2D eigenvalue weighted by atomic mass is 10.2. The van der Waals surface area contributed by atoms with E-state index in [9.17, 15) is 4.79 Å². The minimum atomic E-state index is 0.241. The monoisotopic (exact) mass is 416 g/mol. The van der Waals surface area contributed by atoms with Crippen molar-refractivity contribution >= 4 is 27.9 Å². The maximum Gasteiger partial charge on any atom is 0.223 e. The van der Waals surface area contributed by atoms with Crippen LogP contribution in [0.4, 0.5) is 5.69 Å². The second-order valence-corrected chi connectivity index (χ2v) is 8.41. The van der Waals surface area contributed by atoms with E-state index in [-0.39, 0.29) is 5.91 Å². The van der Waals surface area contributed by atoms with E-state index in [1.165, 1.54) is 5.69 Å². The van der Waals surface area contributed by atoms with Crippen molar-refractivity contribution in [2.24, 2.45) is 0 Å². The van der Waals surface area contributed by atoms with Crippen LogP contribution in [0.5, 0.6) is 0 Å². The van der Waals surface area contributed by atoms with E-state index in [1.807, 2.05) is 29.2 Å². The molecule has 30 heavy (non-hydrogen) atoms. The molecule has 5 nitrogen and oxygen atoms in total. The standard InChI is InChI=1S/C24H24N4OS/c29-23(27-15-13-26(14-16-27)20-9-5-2-6-10-20)12-11-21-18-30-24-25-22(17-28(21)24)19-7-3-1-4-8-19/h1-10,17-18H,11-16H2. The Morgan fingerprint density at radius 1 is 0.933 bits per heavy atom. The number of imidazole rings is 1. The summed E-state index contributed by atoms with van der Waals surface area (Å²) in [5.41, 5.74) is 4.49. The van der Waals surface area contributed by atoms with Crippen molar-refractivity contribution in [2.75, 3.05) is 31.1 Å². The summed E-state index contributed by atoms with van der Waals surface area (Å²) in [5.74, 6) is 0.241. The molecule has 0 saturated carbocycles. The number of carbonyl (C=O) groups excluding carboxylic acids is 1. The Balaban J connectivity index is 1.20. The Morgan fingerprint density at radius 3 is 2.37 bits per heavy atom. The van der Waals surface area contributed by atoms with E-state index in [4.69, 9.17) is 4.98 Å². The molecule has 0 radical (unpaired) electrons. The molecule has 0 atom stereocenters. The number of aromatic nitrogens is 2. The van der Waals surface area contributed by atoms with Crippen LogP contribution >= 0.6 is 11.3 Å². The number of amides is 1. The first-order chi connectivity index (χ1) is 14.8. The van der Waals surface area contributed by atoms with Gasteiger partial charge in [-0.05, 0) is 18.6 Å². The normalized spacial score (nSPS) is 14.4. The van der Waals surface area contributed by atoms with E-state index >= 15 is 0 Å². The second-order valence-electron chi connectivity index (χ2n) is 7.58. The van der Waals surface area contributed by atoms with Crippen molar-refractivity contribution in [3.63, 3.8) is 0 Å². The number of nitrogens with zero attached hydrogens (tertiary/aromatic N) is 4. The van der Waals surface area contributed by atoms with Crippen LogP contribution in [0.15, 0.2) is 72.2 Å². The van der Waals surface area contributed by atoms with Crippen LogP contribution < -0.4 is 4.90 Å². The zero-order chi connectivity index (χ0) is 20.3. The quantitative estimate of drug-likeness (QED) is 0.486. The summed E-state index contributed by atoms with van der Waals surface area (Å²) in [4.78, 5) is 22.9. The lowest BCUT2D eigenvalue weighted by Gasteiger charge is -2.36. The fourth-order valence-corrected chi connectivity index (χ4v) is 4.91. The molecule has 1 amide bonds. The number of para-hydroxylation sites is 1. The summed E-state index contributed by atoms with van der Waals surface area (Å²) < 4.78 is 2.13. The Morgan fingerprint density at radius 2 is 1.63 bits per heavy atom. The van der Waals surface area contributed by atoms with E-state index in [0.29, 0.717) is 6.42 Å². The fourth-order valence-electron chi connectivity index (χ4n) is 4.00. The highest BCUT2D eigenvalue weighted by Crippen LogP contribution is 2.24. The Hall–Kier alpha value is -3.12. The van der Waals surface area contributed by atoms with Gasteiger partial charge in [-0.2, -0.15) is 0 Å². The molecule has 1 saturated heterocycles.